The van der Waals surface area contributed by atoms with Gasteiger partial charge in [0.15, 0.2) is 0 Å². The minimum atomic E-state index is -0.357. The number of hydrogen-bond donors (Lipinski definition) is 1. The number of rotatable bonds is 3. The average molecular weight is 356 g/mol. The Morgan fingerprint density at radius 1 is 1.16 bits per heavy atom. The molecule has 2 nitrogen and oxygen atoms in total. The van der Waals surface area contributed by atoms with Gasteiger partial charge in [0.2, 0.25) is 0 Å². The largest absolute Gasteiger partial charge is 0.393 e. The van der Waals surface area contributed by atoms with Crippen LogP contribution in [0, 0.1) is 5.82 Å². The van der Waals surface area contributed by atoms with Gasteiger partial charge in [-0.1, -0.05) is 24.3 Å². The highest BCUT2D eigenvalue weighted by Crippen LogP contribution is 2.33. The van der Waals surface area contributed by atoms with Crippen molar-refractivity contribution in [3.05, 3.63) is 70.4 Å². The molecule has 0 spiro atoms. The second-order valence-corrected chi connectivity index (χ2v) is 8.01. The van der Waals surface area contributed by atoms with E-state index in [-0.39, 0.29) is 24.1 Å². The summed E-state index contributed by atoms with van der Waals surface area (Å²) >= 11 is 1.71. The lowest BCUT2D eigenvalue weighted by molar-refractivity contribution is -0.0895. The molecular weight excluding hydrogens is 335 g/mol. The van der Waals surface area contributed by atoms with E-state index in [0.717, 1.165) is 10.4 Å². The first-order valence-electron chi connectivity index (χ1n) is 8.68. The molecule has 3 unspecified atom stereocenters. The van der Waals surface area contributed by atoms with Crippen molar-refractivity contribution in [3.8, 4) is 0 Å². The summed E-state index contributed by atoms with van der Waals surface area (Å²) in [6.45, 7) is 1.97. The van der Waals surface area contributed by atoms with Crippen LogP contribution in [0.4, 0.5) is 4.39 Å². The van der Waals surface area contributed by atoms with Gasteiger partial charge in [0.05, 0.1) is 18.3 Å². The molecule has 1 fully saturated rings. The van der Waals surface area contributed by atoms with Gasteiger partial charge in [-0.25, -0.2) is 4.39 Å². The standard InChI is InChI=1S/C21H21FO2S/c1-13-8-17(23)12-20(24-13)14-6-7-19(22)16(9-14)11-18-10-15-4-2-3-5-21(15)25-18/h2-7,9-10,13,17,20,23H,8,11-12H2,1H3. The fraction of sp³-hybridized carbons (Fsp3) is 0.333. The molecule has 25 heavy (non-hydrogen) atoms. The highest BCUT2D eigenvalue weighted by atomic mass is 32.1. The molecular formula is C21H21FO2S. The summed E-state index contributed by atoms with van der Waals surface area (Å²) < 4.78 is 21.5. The number of benzene rings is 2. The summed E-state index contributed by atoms with van der Waals surface area (Å²) in [6.07, 6.45) is 1.30. The molecule has 1 saturated heterocycles. The van der Waals surface area contributed by atoms with Gasteiger partial charge < -0.3 is 9.84 Å². The van der Waals surface area contributed by atoms with Crippen LogP contribution >= 0.6 is 11.3 Å². The zero-order valence-electron chi connectivity index (χ0n) is 14.1. The maximum Gasteiger partial charge on any atom is 0.126 e. The van der Waals surface area contributed by atoms with E-state index in [9.17, 15) is 9.50 Å². The molecule has 0 aliphatic carbocycles. The smallest absolute Gasteiger partial charge is 0.126 e. The van der Waals surface area contributed by atoms with E-state index in [0.29, 0.717) is 24.8 Å². The fourth-order valence-corrected chi connectivity index (χ4v) is 4.66. The second-order valence-electron chi connectivity index (χ2n) is 6.84. The van der Waals surface area contributed by atoms with Crippen molar-refractivity contribution in [2.75, 3.05) is 0 Å². The van der Waals surface area contributed by atoms with Crippen LogP contribution in [0.1, 0.15) is 41.9 Å². The minimum absolute atomic E-state index is 0.0184. The first-order valence-corrected chi connectivity index (χ1v) is 9.49. The van der Waals surface area contributed by atoms with Crippen LogP contribution in [0.2, 0.25) is 0 Å². The third-order valence-corrected chi connectivity index (χ3v) is 5.89. The van der Waals surface area contributed by atoms with Gasteiger partial charge in [-0.15, -0.1) is 11.3 Å². The molecule has 0 bridgehead atoms. The van der Waals surface area contributed by atoms with Crippen LogP contribution in [0.3, 0.4) is 0 Å². The first kappa shape index (κ1) is 16.7. The third-order valence-electron chi connectivity index (χ3n) is 4.77. The highest BCUT2D eigenvalue weighted by Gasteiger charge is 2.27. The lowest BCUT2D eigenvalue weighted by Gasteiger charge is -2.31. The molecule has 1 aliphatic heterocycles. The first-order chi connectivity index (χ1) is 12.1. The van der Waals surface area contributed by atoms with E-state index in [4.69, 9.17) is 4.74 Å². The Morgan fingerprint density at radius 2 is 2.00 bits per heavy atom. The van der Waals surface area contributed by atoms with Crippen molar-refractivity contribution < 1.29 is 14.2 Å². The second kappa shape index (κ2) is 6.87. The molecule has 2 aromatic carbocycles. The topological polar surface area (TPSA) is 29.5 Å². The van der Waals surface area contributed by atoms with Crippen LogP contribution in [-0.2, 0) is 11.2 Å². The van der Waals surface area contributed by atoms with Crippen LogP contribution in [0.5, 0.6) is 0 Å². The Hall–Kier alpha value is -1.75. The molecule has 3 atom stereocenters. The Balaban J connectivity index is 1.61. The Labute approximate surface area is 150 Å². The molecule has 3 aromatic rings. The van der Waals surface area contributed by atoms with Crippen LogP contribution in [0.25, 0.3) is 10.1 Å². The number of halogens is 1. The van der Waals surface area contributed by atoms with Gasteiger partial charge in [-0.05, 0) is 54.1 Å². The van der Waals surface area contributed by atoms with E-state index in [1.54, 1.807) is 17.4 Å². The molecule has 130 valence electrons. The van der Waals surface area contributed by atoms with Crippen LogP contribution in [0.15, 0.2) is 48.5 Å². The van der Waals surface area contributed by atoms with Gasteiger partial charge in [-0.2, -0.15) is 0 Å². The lowest BCUT2D eigenvalue weighted by Crippen LogP contribution is -2.29. The van der Waals surface area contributed by atoms with E-state index < -0.39 is 0 Å². The number of aliphatic hydroxyl groups is 1. The number of aliphatic hydroxyl groups excluding tert-OH is 1. The third kappa shape index (κ3) is 3.61. The number of hydrogen-bond acceptors (Lipinski definition) is 3. The molecule has 4 rings (SSSR count). The fourth-order valence-electron chi connectivity index (χ4n) is 3.57. The van der Waals surface area contributed by atoms with Crippen molar-refractivity contribution >= 4 is 21.4 Å². The molecule has 0 saturated carbocycles. The maximum absolute atomic E-state index is 14.3. The summed E-state index contributed by atoms with van der Waals surface area (Å²) in [5.74, 6) is -0.189. The summed E-state index contributed by atoms with van der Waals surface area (Å²) in [5.41, 5.74) is 1.63. The molecule has 1 N–H and O–H groups in total. The van der Waals surface area contributed by atoms with Crippen molar-refractivity contribution in [3.63, 3.8) is 0 Å². The number of fused-ring (bicyclic) bond motifs is 1. The van der Waals surface area contributed by atoms with Gasteiger partial charge in [0.1, 0.15) is 5.82 Å². The van der Waals surface area contributed by atoms with E-state index in [1.807, 2.05) is 25.1 Å². The Morgan fingerprint density at radius 3 is 2.80 bits per heavy atom. The van der Waals surface area contributed by atoms with Crippen molar-refractivity contribution in [2.24, 2.45) is 0 Å². The van der Waals surface area contributed by atoms with Gasteiger partial charge in [0.25, 0.3) is 0 Å². The van der Waals surface area contributed by atoms with Gasteiger partial charge >= 0.3 is 0 Å². The lowest BCUT2D eigenvalue weighted by atomic mass is 9.95. The molecule has 0 radical (unpaired) electrons. The Kier molecular flexibility index (Phi) is 4.59. The van der Waals surface area contributed by atoms with Crippen LogP contribution < -0.4 is 0 Å². The van der Waals surface area contributed by atoms with Crippen LogP contribution in [-0.4, -0.2) is 17.3 Å². The van der Waals surface area contributed by atoms with E-state index >= 15 is 0 Å². The Bertz CT molecular complexity index is 845. The highest BCUT2D eigenvalue weighted by molar-refractivity contribution is 7.19. The summed E-state index contributed by atoms with van der Waals surface area (Å²) in [4.78, 5) is 1.15. The summed E-state index contributed by atoms with van der Waals surface area (Å²) in [6, 6.07) is 15.6. The summed E-state index contributed by atoms with van der Waals surface area (Å²) in [7, 11) is 0. The predicted molar refractivity (Wildman–Crippen MR) is 99.6 cm³/mol. The van der Waals surface area contributed by atoms with Crippen molar-refractivity contribution in [1.82, 2.24) is 0 Å². The average Bonchev–Trinajstić information content (AvgIpc) is 2.98. The minimum Gasteiger partial charge on any atom is -0.393 e. The molecule has 2 heterocycles. The van der Waals surface area contributed by atoms with Crippen molar-refractivity contribution in [2.45, 2.75) is 44.5 Å². The molecule has 1 aliphatic rings. The van der Waals surface area contributed by atoms with E-state index in [1.165, 1.54) is 16.2 Å². The maximum atomic E-state index is 14.3. The zero-order valence-corrected chi connectivity index (χ0v) is 14.9. The number of thiophene rings is 1. The van der Waals surface area contributed by atoms with Gasteiger partial charge in [0, 0.05) is 22.4 Å². The quantitative estimate of drug-likeness (QED) is 0.696. The summed E-state index contributed by atoms with van der Waals surface area (Å²) in [5, 5.41) is 11.2. The normalized spacial score (nSPS) is 23.9. The van der Waals surface area contributed by atoms with Gasteiger partial charge in [-0.3, -0.25) is 0 Å². The predicted octanol–water partition coefficient (Wildman–Crippen LogP) is 5.23. The molecule has 1 aromatic heterocycles. The van der Waals surface area contributed by atoms with E-state index in [2.05, 4.69) is 18.2 Å². The SMILES string of the molecule is CC1CC(O)CC(c2ccc(F)c(Cc3cc4ccccc4s3)c2)O1. The monoisotopic (exact) mass is 356 g/mol. The molecule has 4 heteroatoms. The molecule has 0 amide bonds. The number of ether oxygens (including phenoxy) is 1. The van der Waals surface area contributed by atoms with Crippen molar-refractivity contribution in [1.29, 1.82) is 0 Å². The zero-order chi connectivity index (χ0) is 17.4.